The molecular weight excluding hydrogens is 276 g/mol. The van der Waals surface area contributed by atoms with E-state index in [2.05, 4.69) is 5.32 Å². The van der Waals surface area contributed by atoms with Crippen molar-refractivity contribution < 1.29 is 9.53 Å². The zero-order valence-corrected chi connectivity index (χ0v) is 12.7. The second-order valence-corrected chi connectivity index (χ2v) is 5.31. The molecule has 1 aromatic rings. The molecule has 20 heavy (non-hydrogen) atoms. The minimum Gasteiger partial charge on any atom is -0.496 e. The van der Waals surface area contributed by atoms with Crippen LogP contribution in [0.3, 0.4) is 0 Å². The smallest absolute Gasteiger partial charge is 0.255 e. The Balaban J connectivity index is 0.00000200. The van der Waals surface area contributed by atoms with Crippen LogP contribution in [0.5, 0.6) is 5.75 Å². The highest BCUT2D eigenvalue weighted by Crippen LogP contribution is 2.25. The number of rotatable bonds is 4. The first-order chi connectivity index (χ1) is 9.14. The Bertz CT molecular complexity index is 445. The summed E-state index contributed by atoms with van der Waals surface area (Å²) >= 11 is 0. The van der Waals surface area contributed by atoms with Crippen LogP contribution in [0, 0.1) is 0 Å². The van der Waals surface area contributed by atoms with Gasteiger partial charge in [0.2, 0.25) is 0 Å². The fourth-order valence-corrected chi connectivity index (χ4v) is 2.62. The third kappa shape index (κ3) is 4.12. The summed E-state index contributed by atoms with van der Waals surface area (Å²) in [7, 11) is 1.57. The quantitative estimate of drug-likeness (QED) is 0.898. The summed E-state index contributed by atoms with van der Waals surface area (Å²) in [6.07, 6.45) is 5.53. The van der Waals surface area contributed by atoms with E-state index in [9.17, 15) is 4.79 Å². The van der Waals surface area contributed by atoms with Crippen molar-refractivity contribution in [3.8, 4) is 5.75 Å². The Morgan fingerprint density at radius 2 is 1.95 bits per heavy atom. The van der Waals surface area contributed by atoms with Gasteiger partial charge in [0.1, 0.15) is 5.75 Å². The van der Waals surface area contributed by atoms with E-state index < -0.39 is 0 Å². The fraction of sp³-hybridized carbons (Fsp3) is 0.533. The van der Waals surface area contributed by atoms with Crippen LogP contribution in [0.1, 0.15) is 42.5 Å². The molecule has 2 rings (SSSR count). The van der Waals surface area contributed by atoms with Gasteiger partial charge in [-0.1, -0.05) is 31.4 Å². The predicted molar refractivity (Wildman–Crippen MR) is 82.6 cm³/mol. The van der Waals surface area contributed by atoms with Crippen LogP contribution in [-0.4, -0.2) is 25.1 Å². The van der Waals surface area contributed by atoms with Gasteiger partial charge in [-0.05, 0) is 25.0 Å². The molecular formula is C15H23ClN2O2. The number of hydrogen-bond donors (Lipinski definition) is 2. The molecule has 0 radical (unpaired) electrons. The molecule has 1 aliphatic carbocycles. The summed E-state index contributed by atoms with van der Waals surface area (Å²) in [6, 6.07) is 7.23. The van der Waals surface area contributed by atoms with Gasteiger partial charge in [-0.2, -0.15) is 0 Å². The minimum absolute atomic E-state index is 0. The van der Waals surface area contributed by atoms with Gasteiger partial charge in [0.25, 0.3) is 5.91 Å². The molecule has 0 spiro atoms. The number of ether oxygens (including phenoxy) is 1. The summed E-state index contributed by atoms with van der Waals surface area (Å²) in [5.41, 5.74) is 6.63. The molecule has 0 aromatic heterocycles. The molecule has 4 nitrogen and oxygen atoms in total. The molecule has 0 saturated heterocycles. The van der Waals surface area contributed by atoms with Crippen LogP contribution in [0.25, 0.3) is 0 Å². The lowest BCUT2D eigenvalue weighted by Gasteiger charge is -2.33. The highest BCUT2D eigenvalue weighted by atomic mass is 35.5. The number of halogens is 1. The first-order valence-electron chi connectivity index (χ1n) is 6.85. The third-order valence-corrected chi connectivity index (χ3v) is 3.80. The molecule has 0 atom stereocenters. The number of benzene rings is 1. The SMILES string of the molecule is COc1ccccc1C(=O)NCC1(N)CCCCC1.Cl. The van der Waals surface area contributed by atoms with Crippen molar-refractivity contribution in [1.82, 2.24) is 5.32 Å². The summed E-state index contributed by atoms with van der Waals surface area (Å²) in [6.45, 7) is 0.532. The first-order valence-corrected chi connectivity index (χ1v) is 6.85. The maximum absolute atomic E-state index is 12.2. The van der Waals surface area contributed by atoms with Crippen LogP contribution in [0.15, 0.2) is 24.3 Å². The van der Waals surface area contributed by atoms with E-state index in [0.29, 0.717) is 17.9 Å². The van der Waals surface area contributed by atoms with Crippen LogP contribution in [-0.2, 0) is 0 Å². The molecule has 112 valence electrons. The molecule has 1 amide bonds. The number of hydrogen-bond acceptors (Lipinski definition) is 3. The third-order valence-electron chi connectivity index (χ3n) is 3.80. The summed E-state index contributed by atoms with van der Waals surface area (Å²) in [4.78, 5) is 12.2. The summed E-state index contributed by atoms with van der Waals surface area (Å²) in [5, 5.41) is 2.94. The first kappa shape index (κ1) is 16.8. The van der Waals surface area contributed by atoms with Gasteiger partial charge in [0, 0.05) is 12.1 Å². The topological polar surface area (TPSA) is 64.3 Å². The molecule has 0 heterocycles. The Morgan fingerprint density at radius 3 is 2.60 bits per heavy atom. The molecule has 1 aliphatic rings. The number of amides is 1. The number of carbonyl (C=O) groups is 1. The Labute approximate surface area is 126 Å². The van der Waals surface area contributed by atoms with Gasteiger partial charge >= 0.3 is 0 Å². The van der Waals surface area contributed by atoms with Gasteiger partial charge < -0.3 is 15.8 Å². The molecule has 1 aromatic carbocycles. The average Bonchev–Trinajstić information content (AvgIpc) is 2.45. The highest BCUT2D eigenvalue weighted by molar-refractivity contribution is 5.96. The second-order valence-electron chi connectivity index (χ2n) is 5.31. The van der Waals surface area contributed by atoms with Crippen molar-refractivity contribution in [2.45, 2.75) is 37.6 Å². The van der Waals surface area contributed by atoms with Crippen molar-refractivity contribution >= 4 is 18.3 Å². The lowest BCUT2D eigenvalue weighted by Crippen LogP contribution is -2.51. The lowest BCUT2D eigenvalue weighted by atomic mass is 9.82. The van der Waals surface area contributed by atoms with Crippen molar-refractivity contribution in [2.75, 3.05) is 13.7 Å². The summed E-state index contributed by atoms with van der Waals surface area (Å²) in [5.74, 6) is 0.475. The zero-order chi connectivity index (χ0) is 13.7. The van der Waals surface area contributed by atoms with Gasteiger partial charge in [0.15, 0.2) is 0 Å². The van der Waals surface area contributed by atoms with E-state index >= 15 is 0 Å². The number of nitrogens with two attached hydrogens (primary N) is 1. The fourth-order valence-electron chi connectivity index (χ4n) is 2.62. The lowest BCUT2D eigenvalue weighted by molar-refractivity contribution is 0.0934. The van der Waals surface area contributed by atoms with E-state index in [-0.39, 0.29) is 23.9 Å². The van der Waals surface area contributed by atoms with E-state index in [1.54, 1.807) is 19.2 Å². The monoisotopic (exact) mass is 298 g/mol. The standard InChI is InChI=1S/C15H22N2O2.ClH/c1-19-13-8-4-3-7-12(13)14(18)17-11-15(16)9-5-2-6-10-15;/h3-4,7-8H,2,5-6,9-11,16H2,1H3,(H,17,18);1H. The zero-order valence-electron chi connectivity index (χ0n) is 11.9. The van der Waals surface area contributed by atoms with Crippen LogP contribution >= 0.6 is 12.4 Å². The Kier molecular flexibility index (Phi) is 6.30. The second kappa shape index (κ2) is 7.50. The molecule has 0 unspecified atom stereocenters. The normalized spacial score (nSPS) is 16.9. The van der Waals surface area contributed by atoms with Gasteiger partial charge in [-0.3, -0.25) is 4.79 Å². The van der Waals surface area contributed by atoms with Crippen molar-refractivity contribution in [1.29, 1.82) is 0 Å². The van der Waals surface area contributed by atoms with Gasteiger partial charge in [0.05, 0.1) is 12.7 Å². The maximum Gasteiger partial charge on any atom is 0.255 e. The summed E-state index contributed by atoms with van der Waals surface area (Å²) < 4.78 is 5.19. The van der Waals surface area contributed by atoms with Crippen LogP contribution in [0.2, 0.25) is 0 Å². The molecule has 5 heteroatoms. The molecule has 1 fully saturated rings. The highest BCUT2D eigenvalue weighted by Gasteiger charge is 2.28. The predicted octanol–water partition coefficient (Wildman–Crippen LogP) is 2.51. The van der Waals surface area contributed by atoms with E-state index in [1.165, 1.54) is 6.42 Å². The Hall–Kier alpha value is -1.26. The minimum atomic E-state index is -0.240. The molecule has 3 N–H and O–H groups in total. The van der Waals surface area contributed by atoms with Crippen LogP contribution in [0.4, 0.5) is 0 Å². The number of nitrogens with one attached hydrogen (secondary N) is 1. The maximum atomic E-state index is 12.2. The van der Waals surface area contributed by atoms with E-state index in [0.717, 1.165) is 25.7 Å². The van der Waals surface area contributed by atoms with Crippen molar-refractivity contribution in [2.24, 2.45) is 5.73 Å². The molecule has 0 aliphatic heterocycles. The van der Waals surface area contributed by atoms with Gasteiger partial charge in [-0.15, -0.1) is 12.4 Å². The van der Waals surface area contributed by atoms with Crippen molar-refractivity contribution in [3.05, 3.63) is 29.8 Å². The largest absolute Gasteiger partial charge is 0.496 e. The molecule has 0 bridgehead atoms. The van der Waals surface area contributed by atoms with E-state index in [1.807, 2.05) is 12.1 Å². The number of carbonyl (C=O) groups excluding carboxylic acids is 1. The van der Waals surface area contributed by atoms with E-state index in [4.69, 9.17) is 10.5 Å². The van der Waals surface area contributed by atoms with Crippen molar-refractivity contribution in [3.63, 3.8) is 0 Å². The number of para-hydroxylation sites is 1. The van der Waals surface area contributed by atoms with Gasteiger partial charge in [-0.25, -0.2) is 0 Å². The Morgan fingerprint density at radius 1 is 1.30 bits per heavy atom. The molecule has 1 saturated carbocycles. The number of methoxy groups -OCH3 is 1. The average molecular weight is 299 g/mol. The van der Waals surface area contributed by atoms with Crippen LogP contribution < -0.4 is 15.8 Å².